The summed E-state index contributed by atoms with van der Waals surface area (Å²) in [6, 6.07) is 17.1. The van der Waals surface area contributed by atoms with Gasteiger partial charge in [0.05, 0.1) is 11.4 Å². The summed E-state index contributed by atoms with van der Waals surface area (Å²) in [5, 5.41) is 0. The van der Waals surface area contributed by atoms with E-state index >= 15 is 0 Å². The molecular weight excluding hydrogens is 252 g/mol. The molecule has 0 atom stereocenters. The maximum Gasteiger partial charge on any atom is 0.382 e. The molecule has 0 saturated carbocycles. The van der Waals surface area contributed by atoms with E-state index in [1.165, 1.54) is 0 Å². The van der Waals surface area contributed by atoms with Crippen LogP contribution < -0.4 is 10.2 Å². The largest absolute Gasteiger partial charge is 0.382 e. The van der Waals surface area contributed by atoms with Crippen LogP contribution in [0.3, 0.4) is 0 Å². The molecule has 0 amide bonds. The molecule has 0 aliphatic carbocycles. The van der Waals surface area contributed by atoms with Crippen molar-refractivity contribution in [3.8, 4) is 0 Å². The SMILES string of the molecule is NOS(=O)(=O)N(c1ccccc1)c1ccccc1. The van der Waals surface area contributed by atoms with Crippen LogP contribution >= 0.6 is 0 Å². The number of nitrogens with zero attached hydrogens (tertiary/aromatic N) is 1. The second-order valence-electron chi connectivity index (χ2n) is 3.49. The van der Waals surface area contributed by atoms with Gasteiger partial charge in [-0.05, 0) is 24.3 Å². The van der Waals surface area contributed by atoms with Crippen LogP contribution in [-0.4, -0.2) is 8.42 Å². The number of hydrogen-bond donors (Lipinski definition) is 1. The van der Waals surface area contributed by atoms with E-state index in [9.17, 15) is 8.42 Å². The van der Waals surface area contributed by atoms with E-state index in [-0.39, 0.29) is 0 Å². The quantitative estimate of drug-likeness (QED) is 0.857. The maximum absolute atomic E-state index is 11.9. The van der Waals surface area contributed by atoms with E-state index in [0.29, 0.717) is 11.4 Å². The van der Waals surface area contributed by atoms with Crippen molar-refractivity contribution in [2.24, 2.45) is 5.90 Å². The number of rotatable bonds is 4. The van der Waals surface area contributed by atoms with Crippen LogP contribution in [0.15, 0.2) is 60.7 Å². The molecule has 0 unspecified atom stereocenters. The summed E-state index contributed by atoms with van der Waals surface area (Å²) in [4.78, 5) is 0. The fourth-order valence-corrected chi connectivity index (χ4v) is 2.42. The smallest absolute Gasteiger partial charge is 0.215 e. The molecule has 2 aromatic rings. The molecule has 0 fully saturated rings. The molecule has 5 nitrogen and oxygen atoms in total. The molecule has 18 heavy (non-hydrogen) atoms. The zero-order chi connectivity index (χ0) is 13.0. The topological polar surface area (TPSA) is 72.6 Å². The number of nitrogens with two attached hydrogens (primary N) is 1. The molecule has 6 heteroatoms. The zero-order valence-corrected chi connectivity index (χ0v) is 10.2. The molecule has 94 valence electrons. The lowest BCUT2D eigenvalue weighted by Crippen LogP contribution is -2.30. The third-order valence-corrected chi connectivity index (χ3v) is 3.44. The van der Waals surface area contributed by atoms with E-state index in [0.717, 1.165) is 4.31 Å². The zero-order valence-electron chi connectivity index (χ0n) is 9.43. The van der Waals surface area contributed by atoms with Gasteiger partial charge in [-0.1, -0.05) is 36.4 Å². The lowest BCUT2D eigenvalue weighted by Gasteiger charge is -2.22. The van der Waals surface area contributed by atoms with Gasteiger partial charge in [0.15, 0.2) is 0 Å². The van der Waals surface area contributed by atoms with Crippen molar-refractivity contribution in [1.82, 2.24) is 0 Å². The molecule has 0 aliphatic heterocycles. The Morgan fingerprint density at radius 2 is 1.22 bits per heavy atom. The fraction of sp³-hybridized carbons (Fsp3) is 0. The van der Waals surface area contributed by atoms with Gasteiger partial charge >= 0.3 is 10.3 Å². The predicted molar refractivity (Wildman–Crippen MR) is 69.2 cm³/mol. The lowest BCUT2D eigenvalue weighted by molar-refractivity contribution is 0.333. The summed E-state index contributed by atoms with van der Waals surface area (Å²) in [5.41, 5.74) is 0.906. The lowest BCUT2D eigenvalue weighted by atomic mass is 10.3. The Kier molecular flexibility index (Phi) is 3.61. The first-order chi connectivity index (χ1) is 8.65. The Balaban J connectivity index is 2.56. The Labute approximate surface area is 106 Å². The average molecular weight is 264 g/mol. The molecule has 0 radical (unpaired) electrons. The average Bonchev–Trinajstić information content (AvgIpc) is 2.41. The minimum Gasteiger partial charge on any atom is -0.215 e. The standard InChI is InChI=1S/C12H12N2O3S/c13-17-18(15,16)14(11-7-3-1-4-8-11)12-9-5-2-6-10-12/h1-10H,13H2. The van der Waals surface area contributed by atoms with Crippen molar-refractivity contribution in [2.45, 2.75) is 0 Å². The first-order valence-electron chi connectivity index (χ1n) is 5.19. The molecule has 0 aromatic heterocycles. The summed E-state index contributed by atoms with van der Waals surface area (Å²) in [7, 11) is -4.06. The van der Waals surface area contributed by atoms with E-state index < -0.39 is 10.3 Å². The number of para-hydroxylation sites is 2. The van der Waals surface area contributed by atoms with Crippen LogP contribution in [0, 0.1) is 0 Å². The van der Waals surface area contributed by atoms with Crippen molar-refractivity contribution in [1.29, 1.82) is 0 Å². The molecule has 2 N–H and O–H groups in total. The Morgan fingerprint density at radius 3 is 1.56 bits per heavy atom. The van der Waals surface area contributed by atoms with Crippen molar-refractivity contribution in [2.75, 3.05) is 4.31 Å². The predicted octanol–water partition coefficient (Wildman–Crippen LogP) is 1.96. The summed E-state index contributed by atoms with van der Waals surface area (Å²) < 4.78 is 28.9. The third kappa shape index (κ3) is 2.51. The first-order valence-corrected chi connectivity index (χ1v) is 6.55. The summed E-state index contributed by atoms with van der Waals surface area (Å²) in [6.07, 6.45) is 0. The highest BCUT2D eigenvalue weighted by Gasteiger charge is 2.24. The Hall–Kier alpha value is -1.89. The van der Waals surface area contributed by atoms with Crippen molar-refractivity contribution >= 4 is 21.7 Å². The summed E-state index contributed by atoms with van der Waals surface area (Å²) in [6.45, 7) is 0. The number of hydrogen-bond acceptors (Lipinski definition) is 4. The van der Waals surface area contributed by atoms with Gasteiger partial charge in [0.2, 0.25) is 0 Å². The van der Waals surface area contributed by atoms with Gasteiger partial charge in [-0.25, -0.2) is 4.31 Å². The van der Waals surface area contributed by atoms with Gasteiger partial charge in [-0.3, -0.25) is 0 Å². The summed E-state index contributed by atoms with van der Waals surface area (Å²) >= 11 is 0. The minimum atomic E-state index is -4.06. The number of anilines is 2. The maximum atomic E-state index is 11.9. The van der Waals surface area contributed by atoms with E-state index in [1.807, 2.05) is 0 Å². The third-order valence-electron chi connectivity index (χ3n) is 2.33. The Morgan fingerprint density at radius 1 is 0.833 bits per heavy atom. The van der Waals surface area contributed by atoms with Crippen LogP contribution in [0.1, 0.15) is 0 Å². The molecule has 2 rings (SSSR count). The fourth-order valence-electron chi connectivity index (χ4n) is 1.58. The van der Waals surface area contributed by atoms with Crippen molar-refractivity contribution in [3.63, 3.8) is 0 Å². The molecule has 0 bridgehead atoms. The first kappa shape index (κ1) is 12.6. The van der Waals surface area contributed by atoms with E-state index in [1.54, 1.807) is 60.7 Å². The van der Waals surface area contributed by atoms with Gasteiger partial charge in [0, 0.05) is 0 Å². The second-order valence-corrected chi connectivity index (χ2v) is 4.90. The van der Waals surface area contributed by atoms with Crippen LogP contribution in [0.5, 0.6) is 0 Å². The highest BCUT2D eigenvalue weighted by Crippen LogP contribution is 2.28. The van der Waals surface area contributed by atoms with Gasteiger partial charge in [-0.2, -0.15) is 18.6 Å². The summed E-state index contributed by atoms with van der Waals surface area (Å²) in [5.74, 6) is 4.85. The molecule has 0 aliphatic rings. The Bertz CT molecular complexity index is 560. The monoisotopic (exact) mass is 264 g/mol. The molecule has 0 heterocycles. The van der Waals surface area contributed by atoms with E-state index in [4.69, 9.17) is 5.90 Å². The van der Waals surface area contributed by atoms with Gasteiger partial charge < -0.3 is 0 Å². The van der Waals surface area contributed by atoms with Gasteiger partial charge in [0.1, 0.15) is 0 Å². The molecule has 0 spiro atoms. The van der Waals surface area contributed by atoms with Gasteiger partial charge in [0.25, 0.3) is 0 Å². The highest BCUT2D eigenvalue weighted by atomic mass is 32.2. The van der Waals surface area contributed by atoms with Crippen molar-refractivity contribution < 1.29 is 12.7 Å². The normalized spacial score (nSPS) is 11.2. The highest BCUT2D eigenvalue weighted by molar-refractivity contribution is 7.88. The molecule has 0 saturated heterocycles. The van der Waals surface area contributed by atoms with Crippen molar-refractivity contribution in [3.05, 3.63) is 60.7 Å². The van der Waals surface area contributed by atoms with Crippen LogP contribution in [0.2, 0.25) is 0 Å². The van der Waals surface area contributed by atoms with Crippen LogP contribution in [0.4, 0.5) is 11.4 Å². The molecular formula is C12H12N2O3S. The molecule has 2 aromatic carbocycles. The van der Waals surface area contributed by atoms with Gasteiger partial charge in [-0.15, -0.1) is 0 Å². The van der Waals surface area contributed by atoms with Crippen LogP contribution in [-0.2, 0) is 14.6 Å². The second kappa shape index (κ2) is 5.18. The van der Waals surface area contributed by atoms with E-state index in [2.05, 4.69) is 4.28 Å². The number of benzene rings is 2. The minimum absolute atomic E-state index is 0.453. The van der Waals surface area contributed by atoms with Crippen LogP contribution in [0.25, 0.3) is 0 Å².